The molecule has 0 saturated heterocycles. The second-order valence-electron chi connectivity index (χ2n) is 5.23. The fourth-order valence-corrected chi connectivity index (χ4v) is 3.04. The van der Waals surface area contributed by atoms with Crippen LogP contribution >= 0.6 is 11.3 Å². The molecule has 1 heterocycles. The van der Waals surface area contributed by atoms with E-state index >= 15 is 0 Å². The molecule has 0 radical (unpaired) electrons. The second-order valence-corrected chi connectivity index (χ2v) is 6.30. The van der Waals surface area contributed by atoms with E-state index in [9.17, 15) is 4.79 Å². The van der Waals surface area contributed by atoms with E-state index in [1.54, 1.807) is 0 Å². The van der Waals surface area contributed by atoms with Gasteiger partial charge in [0.2, 0.25) is 0 Å². The largest absolute Gasteiger partial charge is 0.375 e. The molecule has 0 atom stereocenters. The summed E-state index contributed by atoms with van der Waals surface area (Å²) in [4.78, 5) is 18.9. The molecule has 0 aliphatic carbocycles. The van der Waals surface area contributed by atoms with Crippen molar-refractivity contribution in [1.82, 2.24) is 9.88 Å². The predicted octanol–water partition coefficient (Wildman–Crippen LogP) is 3.92. The van der Waals surface area contributed by atoms with E-state index in [2.05, 4.69) is 18.8 Å². The van der Waals surface area contributed by atoms with Crippen LogP contribution in [0.15, 0.2) is 18.2 Å². The molecule has 0 saturated carbocycles. The first-order valence-corrected chi connectivity index (χ1v) is 8.42. The van der Waals surface area contributed by atoms with Crippen molar-refractivity contribution in [2.45, 2.75) is 39.5 Å². The van der Waals surface area contributed by atoms with E-state index < -0.39 is 0 Å². The molecule has 0 fully saturated rings. The van der Waals surface area contributed by atoms with Crippen LogP contribution in [0.4, 0.5) is 5.13 Å². The van der Waals surface area contributed by atoms with Crippen LogP contribution in [-0.2, 0) is 0 Å². The van der Waals surface area contributed by atoms with Crippen molar-refractivity contribution in [3.8, 4) is 0 Å². The van der Waals surface area contributed by atoms with Crippen LogP contribution in [0, 0.1) is 0 Å². The highest BCUT2D eigenvalue weighted by molar-refractivity contribution is 7.22. The van der Waals surface area contributed by atoms with Crippen molar-refractivity contribution < 1.29 is 4.79 Å². The van der Waals surface area contributed by atoms with E-state index in [1.807, 2.05) is 23.1 Å². The third-order valence-electron chi connectivity index (χ3n) is 3.50. The van der Waals surface area contributed by atoms with E-state index in [0.717, 1.165) is 54.6 Å². The summed E-state index contributed by atoms with van der Waals surface area (Å²) in [7, 11) is 0. The summed E-state index contributed by atoms with van der Waals surface area (Å²) in [6.07, 6.45) is 4.29. The van der Waals surface area contributed by atoms with Gasteiger partial charge in [-0.15, -0.1) is 0 Å². The Morgan fingerprint density at radius 1 is 1.24 bits per heavy atom. The summed E-state index contributed by atoms with van der Waals surface area (Å²) in [6, 6.07) is 5.65. The molecule has 5 heteroatoms. The van der Waals surface area contributed by atoms with Gasteiger partial charge in [-0.05, 0) is 31.0 Å². The Morgan fingerprint density at radius 2 is 1.90 bits per heavy atom. The molecule has 1 aromatic carbocycles. The molecule has 2 rings (SSSR count). The van der Waals surface area contributed by atoms with Gasteiger partial charge in [0, 0.05) is 18.7 Å². The number of nitrogens with zero attached hydrogens (tertiary/aromatic N) is 2. The molecule has 4 nitrogen and oxygen atoms in total. The SMILES string of the molecule is CCCCN(CCCC)C(=O)c1ccc2nc(N)sc2c1. The fraction of sp³-hybridized carbons (Fsp3) is 0.500. The Bertz CT molecular complexity index is 601. The van der Waals surface area contributed by atoms with Crippen LogP contribution in [0.1, 0.15) is 49.9 Å². The zero-order valence-corrected chi connectivity index (χ0v) is 13.6. The van der Waals surface area contributed by atoms with Crippen molar-refractivity contribution in [2.75, 3.05) is 18.8 Å². The quantitative estimate of drug-likeness (QED) is 0.843. The maximum atomic E-state index is 12.7. The van der Waals surface area contributed by atoms with Crippen LogP contribution in [0.5, 0.6) is 0 Å². The number of hydrogen-bond donors (Lipinski definition) is 1. The number of hydrogen-bond acceptors (Lipinski definition) is 4. The molecule has 21 heavy (non-hydrogen) atoms. The van der Waals surface area contributed by atoms with E-state index in [0.29, 0.717) is 5.13 Å². The number of anilines is 1. The average Bonchev–Trinajstić information content (AvgIpc) is 2.85. The molecule has 0 spiro atoms. The summed E-state index contributed by atoms with van der Waals surface area (Å²) in [5, 5.41) is 0.545. The number of amides is 1. The van der Waals surface area contributed by atoms with Gasteiger partial charge in [0.05, 0.1) is 10.2 Å². The van der Waals surface area contributed by atoms with Gasteiger partial charge in [0.15, 0.2) is 5.13 Å². The van der Waals surface area contributed by atoms with Gasteiger partial charge >= 0.3 is 0 Å². The molecule has 0 aliphatic rings. The summed E-state index contributed by atoms with van der Waals surface area (Å²) < 4.78 is 0.976. The number of unbranched alkanes of at least 4 members (excludes halogenated alkanes) is 2. The van der Waals surface area contributed by atoms with Gasteiger partial charge in [-0.1, -0.05) is 38.0 Å². The Labute approximate surface area is 130 Å². The zero-order chi connectivity index (χ0) is 15.2. The summed E-state index contributed by atoms with van der Waals surface area (Å²) in [5.41, 5.74) is 7.32. The summed E-state index contributed by atoms with van der Waals surface area (Å²) in [6.45, 7) is 5.96. The summed E-state index contributed by atoms with van der Waals surface area (Å²) in [5.74, 6) is 0.116. The molecule has 1 amide bonds. The van der Waals surface area contributed by atoms with Gasteiger partial charge in [-0.25, -0.2) is 4.98 Å². The number of benzene rings is 1. The second kappa shape index (κ2) is 7.41. The minimum atomic E-state index is 0.116. The molecule has 114 valence electrons. The van der Waals surface area contributed by atoms with Crippen LogP contribution in [0.2, 0.25) is 0 Å². The molecular weight excluding hydrogens is 282 g/mol. The van der Waals surface area contributed by atoms with Crippen LogP contribution in [0.25, 0.3) is 10.2 Å². The van der Waals surface area contributed by atoms with Crippen LogP contribution in [-0.4, -0.2) is 28.9 Å². The van der Waals surface area contributed by atoms with Crippen molar-refractivity contribution in [3.05, 3.63) is 23.8 Å². The molecule has 0 aliphatic heterocycles. The van der Waals surface area contributed by atoms with Crippen LogP contribution < -0.4 is 5.73 Å². The number of nitrogens with two attached hydrogens (primary N) is 1. The lowest BCUT2D eigenvalue weighted by Gasteiger charge is -2.22. The summed E-state index contributed by atoms with van der Waals surface area (Å²) >= 11 is 1.43. The number of fused-ring (bicyclic) bond motifs is 1. The van der Waals surface area contributed by atoms with E-state index in [4.69, 9.17) is 5.73 Å². The monoisotopic (exact) mass is 305 g/mol. The third-order valence-corrected chi connectivity index (χ3v) is 4.35. The first kappa shape index (κ1) is 15.8. The van der Waals surface area contributed by atoms with E-state index in [1.165, 1.54) is 11.3 Å². The molecule has 1 aromatic heterocycles. The number of carbonyl (C=O) groups is 1. The maximum Gasteiger partial charge on any atom is 0.253 e. The lowest BCUT2D eigenvalue weighted by molar-refractivity contribution is 0.0751. The molecule has 0 bridgehead atoms. The van der Waals surface area contributed by atoms with E-state index in [-0.39, 0.29) is 5.91 Å². The number of nitrogen functional groups attached to an aromatic ring is 1. The highest BCUT2D eigenvalue weighted by Crippen LogP contribution is 2.25. The first-order valence-electron chi connectivity index (χ1n) is 7.61. The maximum absolute atomic E-state index is 12.7. The Kier molecular flexibility index (Phi) is 5.56. The predicted molar refractivity (Wildman–Crippen MR) is 89.8 cm³/mol. The molecule has 2 N–H and O–H groups in total. The lowest BCUT2D eigenvalue weighted by Crippen LogP contribution is -2.32. The van der Waals surface area contributed by atoms with Gasteiger partial charge < -0.3 is 10.6 Å². The smallest absolute Gasteiger partial charge is 0.253 e. The number of aromatic nitrogens is 1. The lowest BCUT2D eigenvalue weighted by atomic mass is 10.1. The minimum Gasteiger partial charge on any atom is -0.375 e. The standard InChI is InChI=1S/C16H23N3OS/c1-3-5-9-19(10-6-4-2)15(20)12-7-8-13-14(11-12)21-16(17)18-13/h7-8,11H,3-6,9-10H2,1-2H3,(H2,17,18). The number of carbonyl (C=O) groups excluding carboxylic acids is 1. The van der Waals surface area contributed by atoms with Crippen LogP contribution in [0.3, 0.4) is 0 Å². The Balaban J connectivity index is 2.19. The van der Waals surface area contributed by atoms with Crippen molar-refractivity contribution in [3.63, 3.8) is 0 Å². The van der Waals surface area contributed by atoms with Gasteiger partial charge in [-0.3, -0.25) is 4.79 Å². The minimum absolute atomic E-state index is 0.116. The number of rotatable bonds is 7. The van der Waals surface area contributed by atoms with Gasteiger partial charge in [-0.2, -0.15) is 0 Å². The van der Waals surface area contributed by atoms with Gasteiger partial charge in [0.1, 0.15) is 0 Å². The zero-order valence-electron chi connectivity index (χ0n) is 12.8. The molecular formula is C16H23N3OS. The van der Waals surface area contributed by atoms with Crippen molar-refractivity contribution >= 4 is 32.6 Å². The topological polar surface area (TPSA) is 59.2 Å². The highest BCUT2D eigenvalue weighted by Gasteiger charge is 2.16. The Morgan fingerprint density at radius 3 is 2.52 bits per heavy atom. The highest BCUT2D eigenvalue weighted by atomic mass is 32.1. The van der Waals surface area contributed by atoms with Crippen molar-refractivity contribution in [2.24, 2.45) is 0 Å². The van der Waals surface area contributed by atoms with Crippen molar-refractivity contribution in [1.29, 1.82) is 0 Å². The first-order chi connectivity index (χ1) is 10.2. The number of thiazole rings is 1. The Hall–Kier alpha value is -1.62. The normalized spacial score (nSPS) is 11.0. The van der Waals surface area contributed by atoms with Gasteiger partial charge in [0.25, 0.3) is 5.91 Å². The third kappa shape index (κ3) is 3.94. The average molecular weight is 305 g/mol. The molecule has 0 unspecified atom stereocenters. The fourth-order valence-electron chi connectivity index (χ4n) is 2.27. The molecule has 2 aromatic rings.